The first-order chi connectivity index (χ1) is 11.8. The minimum Gasteiger partial charge on any atom is -0.339 e. The quantitative estimate of drug-likeness (QED) is 0.867. The number of amides is 1. The van der Waals surface area contributed by atoms with E-state index in [1.165, 1.54) is 6.42 Å². The summed E-state index contributed by atoms with van der Waals surface area (Å²) in [6.07, 6.45) is 7.19. The first kappa shape index (κ1) is 20.7. The first-order valence-corrected chi connectivity index (χ1v) is 8.81. The standard InChI is InChI=1S/C19H24N4O.2ClH/c24-18(22-12-7-19(8-13-22)6-10-20-15-19)17-5-2-1-4-16(17)14-23-11-3-9-21-23;;/h1-5,9,11,20H,6-8,10,12-15H2;2*1H. The van der Waals surface area contributed by atoms with Gasteiger partial charge < -0.3 is 10.2 Å². The van der Waals surface area contributed by atoms with Gasteiger partial charge in [-0.25, -0.2) is 0 Å². The maximum atomic E-state index is 13.0. The van der Waals surface area contributed by atoms with Gasteiger partial charge in [-0.2, -0.15) is 5.10 Å². The molecule has 2 aromatic rings. The lowest BCUT2D eigenvalue weighted by molar-refractivity contribution is 0.0606. The van der Waals surface area contributed by atoms with Gasteiger partial charge in [-0.1, -0.05) is 18.2 Å². The Labute approximate surface area is 167 Å². The molecule has 0 atom stereocenters. The third-order valence-corrected chi connectivity index (χ3v) is 5.58. The zero-order valence-corrected chi connectivity index (χ0v) is 16.4. The van der Waals surface area contributed by atoms with Crippen LogP contribution in [0.3, 0.4) is 0 Å². The van der Waals surface area contributed by atoms with Crippen molar-refractivity contribution in [1.29, 1.82) is 0 Å². The molecule has 1 spiro atoms. The summed E-state index contributed by atoms with van der Waals surface area (Å²) < 4.78 is 1.86. The normalized spacial score (nSPS) is 18.2. The molecule has 2 saturated heterocycles. The van der Waals surface area contributed by atoms with Crippen molar-refractivity contribution >= 4 is 30.7 Å². The molecule has 1 N–H and O–H groups in total. The smallest absolute Gasteiger partial charge is 0.254 e. The predicted octanol–water partition coefficient (Wildman–Crippen LogP) is 2.99. The molecule has 2 aliphatic heterocycles. The van der Waals surface area contributed by atoms with Crippen LogP contribution in [0.25, 0.3) is 0 Å². The van der Waals surface area contributed by atoms with Gasteiger partial charge in [-0.3, -0.25) is 9.48 Å². The Morgan fingerprint density at radius 3 is 2.54 bits per heavy atom. The molecule has 7 heteroatoms. The fraction of sp³-hybridized carbons (Fsp3) is 0.474. The van der Waals surface area contributed by atoms with Gasteiger partial charge in [0.25, 0.3) is 5.91 Å². The summed E-state index contributed by atoms with van der Waals surface area (Å²) in [6, 6.07) is 9.82. The average molecular weight is 397 g/mol. The molecule has 26 heavy (non-hydrogen) atoms. The number of aromatic nitrogens is 2. The maximum Gasteiger partial charge on any atom is 0.254 e. The number of piperidine rings is 1. The van der Waals surface area contributed by atoms with Gasteiger partial charge in [0.05, 0.1) is 6.54 Å². The Kier molecular flexibility index (Phi) is 7.09. The summed E-state index contributed by atoms with van der Waals surface area (Å²) in [7, 11) is 0. The molecule has 0 aliphatic carbocycles. The molecule has 0 saturated carbocycles. The molecule has 1 amide bonds. The van der Waals surface area contributed by atoms with Crippen LogP contribution in [0.15, 0.2) is 42.7 Å². The maximum absolute atomic E-state index is 13.0. The van der Waals surface area contributed by atoms with Crippen molar-refractivity contribution in [2.24, 2.45) is 5.41 Å². The molecule has 5 nitrogen and oxygen atoms in total. The summed E-state index contributed by atoms with van der Waals surface area (Å²) >= 11 is 0. The van der Waals surface area contributed by atoms with Crippen molar-refractivity contribution in [2.45, 2.75) is 25.8 Å². The number of rotatable bonds is 3. The van der Waals surface area contributed by atoms with Crippen molar-refractivity contribution in [3.8, 4) is 0 Å². The second-order valence-electron chi connectivity index (χ2n) is 7.08. The van der Waals surface area contributed by atoms with Gasteiger partial charge >= 0.3 is 0 Å². The second kappa shape index (κ2) is 8.89. The third-order valence-electron chi connectivity index (χ3n) is 5.58. The van der Waals surface area contributed by atoms with E-state index in [1.54, 1.807) is 6.20 Å². The van der Waals surface area contributed by atoms with E-state index in [9.17, 15) is 4.79 Å². The zero-order valence-electron chi connectivity index (χ0n) is 14.8. The van der Waals surface area contributed by atoms with Crippen LogP contribution in [0, 0.1) is 5.41 Å². The van der Waals surface area contributed by atoms with Crippen LogP contribution in [0.5, 0.6) is 0 Å². The average Bonchev–Trinajstić information content (AvgIpc) is 3.28. The first-order valence-electron chi connectivity index (χ1n) is 8.81. The Hall–Kier alpha value is -1.56. The van der Waals surface area contributed by atoms with Crippen LogP contribution in [0.2, 0.25) is 0 Å². The van der Waals surface area contributed by atoms with Crippen molar-refractivity contribution in [3.05, 3.63) is 53.9 Å². The third kappa shape index (κ3) is 4.22. The van der Waals surface area contributed by atoms with Gasteiger partial charge in [0, 0.05) is 37.6 Å². The highest BCUT2D eigenvalue weighted by molar-refractivity contribution is 5.95. The van der Waals surface area contributed by atoms with Crippen molar-refractivity contribution in [1.82, 2.24) is 20.0 Å². The molecule has 0 unspecified atom stereocenters. The topological polar surface area (TPSA) is 50.2 Å². The Bertz CT molecular complexity index is 704. The molecule has 2 aliphatic rings. The predicted molar refractivity (Wildman–Crippen MR) is 107 cm³/mol. The number of halogens is 2. The van der Waals surface area contributed by atoms with E-state index in [0.717, 1.165) is 50.1 Å². The van der Waals surface area contributed by atoms with E-state index in [-0.39, 0.29) is 30.7 Å². The number of carbonyl (C=O) groups is 1. The minimum atomic E-state index is 0. The van der Waals surface area contributed by atoms with Crippen molar-refractivity contribution in [2.75, 3.05) is 26.2 Å². The summed E-state index contributed by atoms with van der Waals surface area (Å²) in [5.41, 5.74) is 2.29. The van der Waals surface area contributed by atoms with Crippen LogP contribution in [-0.4, -0.2) is 46.8 Å². The summed E-state index contributed by atoms with van der Waals surface area (Å²) in [5, 5.41) is 7.74. The lowest BCUT2D eigenvalue weighted by atomic mass is 9.77. The summed E-state index contributed by atoms with van der Waals surface area (Å²) in [6.45, 7) is 4.62. The van der Waals surface area contributed by atoms with Gasteiger partial charge in [-0.15, -0.1) is 24.8 Å². The van der Waals surface area contributed by atoms with Crippen LogP contribution < -0.4 is 5.32 Å². The molecular formula is C19H26Cl2N4O. The number of benzene rings is 1. The van der Waals surface area contributed by atoms with Crippen molar-refractivity contribution in [3.63, 3.8) is 0 Å². The van der Waals surface area contributed by atoms with Gasteiger partial charge in [0.1, 0.15) is 0 Å². The minimum absolute atomic E-state index is 0. The fourth-order valence-corrected chi connectivity index (χ4v) is 4.01. The monoisotopic (exact) mass is 396 g/mol. The van der Waals surface area contributed by atoms with E-state index < -0.39 is 0 Å². The molecule has 0 radical (unpaired) electrons. The van der Waals surface area contributed by atoms with Crippen LogP contribution in [-0.2, 0) is 6.54 Å². The molecule has 3 heterocycles. The van der Waals surface area contributed by atoms with Gasteiger partial charge in [0.15, 0.2) is 0 Å². The fourth-order valence-electron chi connectivity index (χ4n) is 4.01. The van der Waals surface area contributed by atoms with E-state index in [2.05, 4.69) is 10.4 Å². The number of hydrogen-bond acceptors (Lipinski definition) is 3. The molecule has 2 fully saturated rings. The molecule has 4 rings (SSSR count). The lowest BCUT2D eigenvalue weighted by Crippen LogP contribution is -2.44. The SMILES string of the molecule is Cl.Cl.O=C(c1ccccc1Cn1cccn1)N1CCC2(CCNC2)CC1. The van der Waals surface area contributed by atoms with E-state index in [0.29, 0.717) is 12.0 Å². The van der Waals surface area contributed by atoms with Gasteiger partial charge in [0.2, 0.25) is 0 Å². The molecule has 142 valence electrons. The van der Waals surface area contributed by atoms with E-state index >= 15 is 0 Å². The number of carbonyl (C=O) groups excluding carboxylic acids is 1. The van der Waals surface area contributed by atoms with Gasteiger partial charge in [-0.05, 0) is 48.9 Å². The number of nitrogens with one attached hydrogen (secondary N) is 1. The molecule has 1 aromatic heterocycles. The second-order valence-corrected chi connectivity index (χ2v) is 7.08. The zero-order chi connectivity index (χ0) is 16.4. The highest BCUT2D eigenvalue weighted by atomic mass is 35.5. The molecular weight excluding hydrogens is 371 g/mol. The Morgan fingerprint density at radius 1 is 1.12 bits per heavy atom. The highest BCUT2D eigenvalue weighted by Gasteiger charge is 2.38. The number of nitrogens with zero attached hydrogens (tertiary/aromatic N) is 3. The van der Waals surface area contributed by atoms with E-state index in [1.807, 2.05) is 46.1 Å². The van der Waals surface area contributed by atoms with Crippen LogP contribution in [0.4, 0.5) is 0 Å². The summed E-state index contributed by atoms with van der Waals surface area (Å²) in [5.74, 6) is 0.165. The summed E-state index contributed by atoms with van der Waals surface area (Å²) in [4.78, 5) is 15.1. The molecule has 1 aromatic carbocycles. The highest BCUT2D eigenvalue weighted by Crippen LogP contribution is 2.37. The molecule has 0 bridgehead atoms. The van der Waals surface area contributed by atoms with Crippen molar-refractivity contribution < 1.29 is 4.79 Å². The van der Waals surface area contributed by atoms with E-state index in [4.69, 9.17) is 0 Å². The lowest BCUT2D eigenvalue weighted by Gasteiger charge is -2.39. The number of likely N-dealkylation sites (tertiary alicyclic amines) is 1. The Morgan fingerprint density at radius 2 is 1.88 bits per heavy atom. The van der Waals surface area contributed by atoms with Crippen LogP contribution in [0.1, 0.15) is 35.2 Å². The van der Waals surface area contributed by atoms with Crippen LogP contribution >= 0.6 is 24.8 Å². The largest absolute Gasteiger partial charge is 0.339 e. The number of hydrogen-bond donors (Lipinski definition) is 1. The Balaban J connectivity index is 0.00000121.